The van der Waals surface area contributed by atoms with Crippen molar-refractivity contribution in [2.75, 3.05) is 19.8 Å². The van der Waals surface area contributed by atoms with Gasteiger partial charge in [-0.15, -0.1) is 11.8 Å². The maximum Gasteiger partial charge on any atom is 0.310 e. The molecule has 3 fully saturated rings. The summed E-state index contributed by atoms with van der Waals surface area (Å²) in [5.74, 6) is -1.44. The molecule has 3 aliphatic rings. The third-order valence-electron chi connectivity index (χ3n) is 6.36. The zero-order valence-electron chi connectivity index (χ0n) is 18.1. The van der Waals surface area contributed by atoms with E-state index in [-0.39, 0.29) is 42.2 Å². The van der Waals surface area contributed by atoms with Crippen molar-refractivity contribution in [1.82, 2.24) is 10.2 Å². The molecule has 0 aromatic carbocycles. The molecule has 6 atom stereocenters. The van der Waals surface area contributed by atoms with Crippen molar-refractivity contribution in [2.24, 2.45) is 17.8 Å². The molecule has 3 aliphatic heterocycles. The van der Waals surface area contributed by atoms with E-state index in [0.29, 0.717) is 19.4 Å². The summed E-state index contributed by atoms with van der Waals surface area (Å²) in [5.41, 5.74) is -0.420. The Labute approximate surface area is 177 Å². The highest BCUT2D eigenvalue weighted by atomic mass is 32.2. The van der Waals surface area contributed by atoms with Crippen LogP contribution in [-0.2, 0) is 19.1 Å². The number of thioether (sulfide) groups is 1. The van der Waals surface area contributed by atoms with Crippen molar-refractivity contribution in [2.45, 2.75) is 75.5 Å². The first-order chi connectivity index (χ1) is 13.6. The van der Waals surface area contributed by atoms with Gasteiger partial charge in [-0.05, 0) is 52.9 Å². The highest BCUT2D eigenvalue weighted by molar-refractivity contribution is 8.02. The molecule has 0 saturated carbocycles. The lowest BCUT2D eigenvalue weighted by atomic mass is 9.66. The first kappa shape index (κ1) is 22.4. The van der Waals surface area contributed by atoms with Crippen LogP contribution in [0, 0.1) is 17.8 Å². The van der Waals surface area contributed by atoms with E-state index in [2.05, 4.69) is 12.2 Å². The number of fused-ring (bicyclic) bond motifs is 1. The van der Waals surface area contributed by atoms with Gasteiger partial charge in [0.2, 0.25) is 11.8 Å². The molecular formula is C21H34N2O5S. The van der Waals surface area contributed by atoms with Gasteiger partial charge in [0.05, 0.1) is 23.2 Å². The largest absolute Gasteiger partial charge is 0.466 e. The molecule has 3 saturated heterocycles. The number of unbranched alkanes of at least 4 members (excludes halogenated alkanes) is 1. The number of hydrogen-bond donors (Lipinski definition) is 2. The molecule has 29 heavy (non-hydrogen) atoms. The van der Waals surface area contributed by atoms with Crippen molar-refractivity contribution in [3.05, 3.63) is 0 Å². The van der Waals surface area contributed by atoms with Gasteiger partial charge in [-0.1, -0.05) is 6.92 Å². The van der Waals surface area contributed by atoms with Crippen LogP contribution in [0.4, 0.5) is 0 Å². The van der Waals surface area contributed by atoms with Gasteiger partial charge >= 0.3 is 5.97 Å². The Morgan fingerprint density at radius 1 is 1.34 bits per heavy atom. The lowest BCUT2D eigenvalue weighted by Crippen LogP contribution is -2.59. The highest BCUT2D eigenvalue weighted by Gasteiger charge is 2.76. The molecule has 0 radical (unpaired) electrons. The van der Waals surface area contributed by atoms with Crippen LogP contribution in [0.3, 0.4) is 0 Å². The molecule has 2 N–H and O–H groups in total. The fourth-order valence-electron chi connectivity index (χ4n) is 5.40. The summed E-state index contributed by atoms with van der Waals surface area (Å²) >= 11 is 1.66. The minimum Gasteiger partial charge on any atom is -0.466 e. The third-order valence-corrected chi connectivity index (χ3v) is 8.43. The monoisotopic (exact) mass is 426 g/mol. The zero-order chi connectivity index (χ0) is 21.6. The van der Waals surface area contributed by atoms with E-state index >= 15 is 0 Å². The van der Waals surface area contributed by atoms with Crippen LogP contribution in [-0.4, -0.2) is 69.1 Å². The lowest BCUT2D eigenvalue weighted by molar-refractivity contribution is -0.154. The molecule has 3 unspecified atom stereocenters. The molecule has 0 aromatic rings. The Kier molecular flexibility index (Phi) is 6.26. The molecule has 3 rings (SSSR count). The number of carbonyl (C=O) groups is 3. The minimum absolute atomic E-state index is 0.0162. The quantitative estimate of drug-likeness (QED) is 0.474. The van der Waals surface area contributed by atoms with Gasteiger partial charge in [-0.2, -0.15) is 0 Å². The Hall–Kier alpha value is -1.28. The van der Waals surface area contributed by atoms with Crippen LogP contribution in [0.25, 0.3) is 0 Å². The van der Waals surface area contributed by atoms with E-state index in [9.17, 15) is 14.4 Å². The van der Waals surface area contributed by atoms with E-state index in [0.717, 1.165) is 6.42 Å². The maximum atomic E-state index is 13.6. The molecular weight excluding hydrogens is 392 g/mol. The van der Waals surface area contributed by atoms with E-state index in [1.807, 2.05) is 20.8 Å². The predicted molar refractivity (Wildman–Crippen MR) is 111 cm³/mol. The second-order valence-electron chi connectivity index (χ2n) is 9.51. The van der Waals surface area contributed by atoms with Gasteiger partial charge in [-0.3, -0.25) is 14.4 Å². The first-order valence-corrected chi connectivity index (χ1v) is 11.5. The van der Waals surface area contributed by atoms with Crippen molar-refractivity contribution < 1.29 is 24.2 Å². The van der Waals surface area contributed by atoms with Crippen LogP contribution in [0.15, 0.2) is 0 Å². The SMILES string of the molecule is CCOC(=O)[C@@H]1[C@H]2C(=O)N(CCCCO)C(C(=O)NC(C)(C)C)C23S[C@@H]1CC3C. The zero-order valence-corrected chi connectivity index (χ0v) is 18.9. The normalized spacial score (nSPS) is 35.7. The van der Waals surface area contributed by atoms with Crippen LogP contribution in [0.5, 0.6) is 0 Å². The minimum atomic E-state index is -0.609. The van der Waals surface area contributed by atoms with Crippen LogP contribution in [0.1, 0.15) is 53.9 Å². The molecule has 0 aromatic heterocycles. The fraction of sp³-hybridized carbons (Fsp3) is 0.857. The number of nitrogens with one attached hydrogen (secondary N) is 1. The Bertz CT molecular complexity index is 678. The number of aliphatic hydroxyl groups excluding tert-OH is 1. The number of hydrogen-bond acceptors (Lipinski definition) is 6. The number of amides is 2. The van der Waals surface area contributed by atoms with Crippen molar-refractivity contribution in [3.8, 4) is 0 Å². The Morgan fingerprint density at radius 2 is 2.03 bits per heavy atom. The first-order valence-electron chi connectivity index (χ1n) is 10.7. The van der Waals surface area contributed by atoms with Gasteiger partial charge in [0, 0.05) is 23.9 Å². The Morgan fingerprint density at radius 3 is 2.62 bits per heavy atom. The number of ether oxygens (including phenoxy) is 1. The molecule has 2 amide bonds. The fourth-order valence-corrected chi connectivity index (χ4v) is 7.81. The number of likely N-dealkylation sites (tertiary alicyclic amines) is 1. The second kappa shape index (κ2) is 8.10. The van der Waals surface area contributed by atoms with Gasteiger partial charge < -0.3 is 20.1 Å². The number of aliphatic hydroxyl groups is 1. The van der Waals surface area contributed by atoms with Gasteiger partial charge in [0.1, 0.15) is 6.04 Å². The van der Waals surface area contributed by atoms with Crippen LogP contribution >= 0.6 is 11.8 Å². The van der Waals surface area contributed by atoms with Gasteiger partial charge in [0.25, 0.3) is 0 Å². The lowest BCUT2D eigenvalue weighted by Gasteiger charge is -2.39. The molecule has 3 heterocycles. The summed E-state index contributed by atoms with van der Waals surface area (Å²) in [6, 6.07) is -0.609. The molecule has 7 nitrogen and oxygen atoms in total. The van der Waals surface area contributed by atoms with Gasteiger partial charge in [-0.25, -0.2) is 0 Å². The standard InChI is InChI=1S/C21H34N2O5S/c1-6-28-19(27)14-13-11-12(2)21(29-13)15(14)18(26)23(9-7-8-10-24)16(21)17(25)22-20(3,4)5/h12-16,24H,6-11H2,1-5H3,(H,22,25)/t12?,13-,14+,15+,16?,21?/m1/s1. The molecule has 164 valence electrons. The van der Waals surface area contributed by atoms with E-state index < -0.39 is 28.2 Å². The summed E-state index contributed by atoms with van der Waals surface area (Å²) in [7, 11) is 0. The van der Waals surface area contributed by atoms with Crippen molar-refractivity contribution in [1.29, 1.82) is 0 Å². The topological polar surface area (TPSA) is 95.9 Å². The number of carbonyl (C=O) groups excluding carboxylic acids is 3. The number of rotatable bonds is 7. The highest BCUT2D eigenvalue weighted by Crippen LogP contribution is 2.68. The van der Waals surface area contributed by atoms with Crippen molar-refractivity contribution >= 4 is 29.5 Å². The summed E-state index contributed by atoms with van der Waals surface area (Å²) in [6.07, 6.45) is 2.00. The summed E-state index contributed by atoms with van der Waals surface area (Å²) in [6.45, 7) is 10.4. The maximum absolute atomic E-state index is 13.6. The third kappa shape index (κ3) is 3.67. The van der Waals surface area contributed by atoms with Crippen LogP contribution < -0.4 is 5.32 Å². The average Bonchev–Trinajstić information content (AvgIpc) is 3.18. The Balaban J connectivity index is 2.00. The van der Waals surface area contributed by atoms with Gasteiger partial charge in [0.15, 0.2) is 0 Å². The molecule has 1 spiro atoms. The van der Waals surface area contributed by atoms with E-state index in [1.54, 1.807) is 23.6 Å². The van der Waals surface area contributed by atoms with E-state index in [4.69, 9.17) is 9.84 Å². The smallest absolute Gasteiger partial charge is 0.310 e. The number of nitrogens with zero attached hydrogens (tertiary/aromatic N) is 1. The molecule has 0 aliphatic carbocycles. The van der Waals surface area contributed by atoms with Crippen molar-refractivity contribution in [3.63, 3.8) is 0 Å². The second-order valence-corrected chi connectivity index (χ2v) is 11.1. The number of esters is 1. The van der Waals surface area contributed by atoms with E-state index in [1.165, 1.54) is 0 Å². The summed E-state index contributed by atoms with van der Waals surface area (Å²) in [4.78, 5) is 41.5. The average molecular weight is 427 g/mol. The van der Waals surface area contributed by atoms with Crippen LogP contribution in [0.2, 0.25) is 0 Å². The summed E-state index contributed by atoms with van der Waals surface area (Å²) < 4.78 is 4.72. The molecule has 8 heteroatoms. The molecule has 2 bridgehead atoms. The summed E-state index contributed by atoms with van der Waals surface area (Å²) in [5, 5.41) is 12.3. The predicted octanol–water partition coefficient (Wildman–Crippen LogP) is 1.57.